The zero-order valence-electron chi connectivity index (χ0n) is 15.7. The number of nitrogens with zero attached hydrogens (tertiary/aromatic N) is 2. The molecule has 0 aliphatic heterocycles. The van der Waals surface area contributed by atoms with Crippen LogP contribution in [0.2, 0.25) is 0 Å². The molecule has 10 heteroatoms. The van der Waals surface area contributed by atoms with Crippen LogP contribution in [0.15, 0.2) is 12.5 Å². The van der Waals surface area contributed by atoms with Crippen LogP contribution in [0, 0.1) is 0 Å². The number of carboxylic acids is 1. The second-order valence-corrected chi connectivity index (χ2v) is 7.52. The summed E-state index contributed by atoms with van der Waals surface area (Å²) in [6.45, 7) is 10.1. The second kappa shape index (κ2) is 8.07. The number of rotatable bonds is 5. The van der Waals surface area contributed by atoms with Crippen molar-refractivity contribution < 1.29 is 33.8 Å². The number of hydrogen-bond acceptors (Lipinski definition) is 7. The molecule has 0 aromatic carbocycles. The number of imidazole rings is 1. The molecule has 1 atom stereocenters. The van der Waals surface area contributed by atoms with Gasteiger partial charge in [0.25, 0.3) is 0 Å². The number of aromatic nitrogens is 2. The summed E-state index contributed by atoms with van der Waals surface area (Å²) in [5.41, 5.74) is -1.18. The van der Waals surface area contributed by atoms with E-state index in [2.05, 4.69) is 10.3 Å². The molecule has 0 bridgehead atoms. The molecule has 1 aromatic heterocycles. The smallest absolute Gasteiger partial charge is 0.480 e. The van der Waals surface area contributed by atoms with Gasteiger partial charge in [0.2, 0.25) is 0 Å². The summed E-state index contributed by atoms with van der Waals surface area (Å²) in [5.74, 6) is -1.25. The maximum atomic E-state index is 11.7. The van der Waals surface area contributed by atoms with Crippen molar-refractivity contribution in [3.8, 4) is 0 Å². The van der Waals surface area contributed by atoms with Crippen molar-refractivity contribution in [3.63, 3.8) is 0 Å². The molecule has 0 aliphatic rings. The molecule has 2 N–H and O–H groups in total. The first-order chi connectivity index (χ1) is 11.7. The number of carboxylic acid groups (broad SMARTS) is 1. The third-order valence-corrected chi connectivity index (χ3v) is 2.59. The molecular formula is C16H25N3O7. The average Bonchev–Trinajstić information content (AvgIpc) is 2.80. The zero-order valence-corrected chi connectivity index (χ0v) is 15.7. The molecule has 1 rings (SSSR count). The van der Waals surface area contributed by atoms with E-state index in [1.165, 1.54) is 12.5 Å². The van der Waals surface area contributed by atoms with Crippen LogP contribution in [0.25, 0.3) is 0 Å². The highest BCUT2D eigenvalue weighted by molar-refractivity contribution is 5.80. The largest absolute Gasteiger partial charge is 0.534 e. The quantitative estimate of drug-likeness (QED) is 0.749. The number of alkyl carbamates (subject to hydrolysis) is 1. The average molecular weight is 371 g/mol. The first-order valence-corrected chi connectivity index (χ1v) is 7.92. The Morgan fingerprint density at radius 2 is 1.73 bits per heavy atom. The van der Waals surface area contributed by atoms with Gasteiger partial charge in [0.1, 0.15) is 23.6 Å². The summed E-state index contributed by atoms with van der Waals surface area (Å²) >= 11 is 0. The van der Waals surface area contributed by atoms with Crippen molar-refractivity contribution in [2.45, 2.75) is 65.2 Å². The highest BCUT2D eigenvalue weighted by Crippen LogP contribution is 2.09. The topological polar surface area (TPSA) is 129 Å². The lowest BCUT2D eigenvalue weighted by Crippen LogP contribution is -2.44. The van der Waals surface area contributed by atoms with Gasteiger partial charge in [0.15, 0.2) is 0 Å². The van der Waals surface area contributed by atoms with Gasteiger partial charge in [-0.1, -0.05) is 0 Å². The molecule has 0 saturated heterocycles. The van der Waals surface area contributed by atoms with Crippen molar-refractivity contribution in [1.29, 1.82) is 0 Å². The lowest BCUT2D eigenvalue weighted by molar-refractivity contribution is -0.139. The van der Waals surface area contributed by atoms with Gasteiger partial charge in [-0.05, 0) is 41.5 Å². The Labute approximate surface area is 151 Å². The van der Waals surface area contributed by atoms with Gasteiger partial charge in [-0.3, -0.25) is 0 Å². The number of carbonyl (C=O) groups excluding carboxylic acids is 2. The maximum Gasteiger partial charge on any atom is 0.534 e. The van der Waals surface area contributed by atoms with E-state index in [1.54, 1.807) is 41.5 Å². The van der Waals surface area contributed by atoms with Gasteiger partial charge in [-0.25, -0.2) is 19.4 Å². The van der Waals surface area contributed by atoms with Gasteiger partial charge < -0.3 is 24.7 Å². The number of hydrogen-bond donors (Lipinski definition) is 2. The third kappa shape index (κ3) is 8.36. The van der Waals surface area contributed by atoms with E-state index in [0.717, 1.165) is 4.73 Å². The van der Waals surface area contributed by atoms with Gasteiger partial charge >= 0.3 is 18.2 Å². The van der Waals surface area contributed by atoms with Crippen LogP contribution in [0.3, 0.4) is 0 Å². The van der Waals surface area contributed by atoms with E-state index in [4.69, 9.17) is 14.3 Å². The summed E-state index contributed by atoms with van der Waals surface area (Å²) < 4.78 is 11.0. The van der Waals surface area contributed by atoms with Crippen LogP contribution in [-0.4, -0.2) is 50.3 Å². The molecule has 0 aliphatic carbocycles. The fourth-order valence-electron chi connectivity index (χ4n) is 1.71. The maximum absolute atomic E-state index is 11.7. The van der Waals surface area contributed by atoms with Gasteiger partial charge in [-0.15, -0.1) is 0 Å². The zero-order chi connectivity index (χ0) is 20.1. The summed E-state index contributed by atoms with van der Waals surface area (Å²) in [6, 6.07) is -1.25. The predicted molar refractivity (Wildman–Crippen MR) is 89.5 cm³/mol. The monoisotopic (exact) mass is 371 g/mol. The minimum atomic E-state index is -1.25. The molecule has 1 aromatic rings. The fraction of sp³-hybridized carbons (Fsp3) is 0.625. The molecule has 0 radical (unpaired) electrons. The minimum Gasteiger partial charge on any atom is -0.480 e. The fourth-order valence-corrected chi connectivity index (χ4v) is 1.71. The van der Waals surface area contributed by atoms with Crippen LogP contribution in [0.4, 0.5) is 9.59 Å². The van der Waals surface area contributed by atoms with Gasteiger partial charge in [0.05, 0.1) is 11.9 Å². The molecule has 0 spiro atoms. The molecule has 0 saturated carbocycles. The first kappa shape index (κ1) is 21.3. The van der Waals surface area contributed by atoms with E-state index >= 15 is 0 Å². The lowest BCUT2D eigenvalue weighted by Gasteiger charge is -2.21. The van der Waals surface area contributed by atoms with Crippen LogP contribution in [0.1, 0.15) is 47.2 Å². The Morgan fingerprint density at radius 3 is 2.23 bits per heavy atom. The minimum absolute atomic E-state index is 0.126. The normalized spacial score (nSPS) is 12.8. The van der Waals surface area contributed by atoms with E-state index < -0.39 is 35.5 Å². The molecule has 0 fully saturated rings. The van der Waals surface area contributed by atoms with E-state index in [0.29, 0.717) is 0 Å². The first-order valence-electron chi connectivity index (χ1n) is 7.92. The molecule has 26 heavy (non-hydrogen) atoms. The van der Waals surface area contributed by atoms with Crippen LogP contribution >= 0.6 is 0 Å². The molecule has 0 unspecified atom stereocenters. The van der Waals surface area contributed by atoms with Crippen molar-refractivity contribution in [2.75, 3.05) is 0 Å². The summed E-state index contributed by atoms with van der Waals surface area (Å²) in [7, 11) is 0. The molecule has 1 amide bonds. The highest BCUT2D eigenvalue weighted by Gasteiger charge is 2.25. The van der Waals surface area contributed by atoms with Gasteiger partial charge in [0, 0.05) is 6.42 Å². The standard InChI is InChI=1S/C16H25N3O7/c1-15(2,3)24-13(22)18-11(12(20)21)7-10-8-19(9-17-10)26-14(23)25-16(4,5)6/h8-9,11H,7H2,1-6H3,(H,18,22)(H,20,21)/t11-/m0/s1. The molecule has 10 nitrogen and oxygen atoms in total. The van der Waals surface area contributed by atoms with Crippen LogP contribution in [0.5, 0.6) is 0 Å². The number of aliphatic carboxylic acids is 1. The number of carbonyl (C=O) groups is 3. The van der Waals surface area contributed by atoms with Crippen molar-refractivity contribution in [3.05, 3.63) is 18.2 Å². The molecule has 146 valence electrons. The number of ether oxygens (including phenoxy) is 2. The summed E-state index contributed by atoms with van der Waals surface area (Å²) in [5, 5.41) is 11.5. The van der Waals surface area contributed by atoms with Crippen LogP contribution < -0.4 is 10.2 Å². The van der Waals surface area contributed by atoms with Gasteiger partial charge in [-0.2, -0.15) is 4.73 Å². The SMILES string of the molecule is CC(C)(C)OC(=O)N[C@@H](Cc1cn(OC(=O)OC(C)(C)C)cn1)C(=O)O. The van der Waals surface area contributed by atoms with Crippen LogP contribution in [-0.2, 0) is 20.7 Å². The van der Waals surface area contributed by atoms with Crippen molar-refractivity contribution >= 4 is 18.2 Å². The Morgan fingerprint density at radius 1 is 1.15 bits per heavy atom. The Kier molecular flexibility index (Phi) is 6.60. The van der Waals surface area contributed by atoms with Crippen molar-refractivity contribution in [1.82, 2.24) is 15.0 Å². The summed E-state index contributed by atoms with van der Waals surface area (Å²) in [4.78, 5) is 43.5. The predicted octanol–water partition coefficient (Wildman–Crippen LogP) is 1.77. The van der Waals surface area contributed by atoms with E-state index in [-0.39, 0.29) is 12.1 Å². The highest BCUT2D eigenvalue weighted by atomic mass is 16.8. The molecule has 1 heterocycles. The Bertz CT molecular complexity index is 656. The third-order valence-electron chi connectivity index (χ3n) is 2.59. The second-order valence-electron chi connectivity index (χ2n) is 7.52. The van der Waals surface area contributed by atoms with Crippen molar-refractivity contribution in [2.24, 2.45) is 0 Å². The Hall–Kier alpha value is -2.78. The Balaban J connectivity index is 2.68. The molecular weight excluding hydrogens is 346 g/mol. The van der Waals surface area contributed by atoms with E-state index in [1.807, 2.05) is 0 Å². The van der Waals surface area contributed by atoms with E-state index in [9.17, 15) is 19.5 Å². The lowest BCUT2D eigenvalue weighted by atomic mass is 10.1. The summed E-state index contributed by atoms with van der Waals surface area (Å²) in [6.07, 6.45) is 0.596. The number of nitrogens with one attached hydrogen (secondary N) is 1. The number of amides is 1.